The molecular formula is C13H13Cl2NO2. The lowest BCUT2D eigenvalue weighted by Crippen LogP contribution is -2.40. The Morgan fingerprint density at radius 3 is 2.89 bits per heavy atom. The van der Waals surface area contributed by atoms with Gasteiger partial charge < -0.3 is 5.11 Å². The first-order valence-corrected chi connectivity index (χ1v) is 6.44. The Kier molecular flexibility index (Phi) is 4.27. The highest BCUT2D eigenvalue weighted by Crippen LogP contribution is 2.30. The van der Waals surface area contributed by atoms with Gasteiger partial charge in [0.1, 0.15) is 6.04 Å². The summed E-state index contributed by atoms with van der Waals surface area (Å²) in [6.45, 7) is 1.02. The Labute approximate surface area is 116 Å². The average molecular weight is 286 g/mol. The van der Waals surface area contributed by atoms with Gasteiger partial charge in [-0.2, -0.15) is 0 Å². The van der Waals surface area contributed by atoms with Gasteiger partial charge in [-0.3, -0.25) is 9.69 Å². The van der Waals surface area contributed by atoms with Gasteiger partial charge in [-0.05, 0) is 17.5 Å². The first-order chi connectivity index (χ1) is 8.63. The summed E-state index contributed by atoms with van der Waals surface area (Å²) in [4.78, 5) is 13.3. The number of benzene rings is 1. The highest BCUT2D eigenvalue weighted by Gasteiger charge is 2.32. The van der Waals surface area contributed by atoms with Crippen LogP contribution in [0, 0.1) is 0 Å². The smallest absolute Gasteiger partial charge is 0.325 e. The van der Waals surface area contributed by atoms with Crippen molar-refractivity contribution in [3.05, 3.63) is 46.0 Å². The number of aliphatic carboxylic acids is 1. The molecule has 0 radical (unpaired) electrons. The number of hydrogen-bond donors (Lipinski definition) is 1. The molecule has 2 rings (SSSR count). The van der Waals surface area contributed by atoms with Crippen LogP contribution in [-0.4, -0.2) is 29.1 Å². The van der Waals surface area contributed by atoms with Crippen molar-refractivity contribution in [2.75, 3.05) is 13.1 Å². The van der Waals surface area contributed by atoms with Crippen molar-refractivity contribution in [2.24, 2.45) is 0 Å². The lowest BCUT2D eigenvalue weighted by Gasteiger charge is -2.34. The molecule has 5 heteroatoms. The van der Waals surface area contributed by atoms with E-state index in [9.17, 15) is 9.90 Å². The van der Waals surface area contributed by atoms with Crippen molar-refractivity contribution in [2.45, 2.75) is 12.5 Å². The second kappa shape index (κ2) is 5.74. The number of fused-ring (bicyclic) bond motifs is 1. The van der Waals surface area contributed by atoms with E-state index >= 15 is 0 Å². The molecule has 3 nitrogen and oxygen atoms in total. The van der Waals surface area contributed by atoms with Gasteiger partial charge in [0.2, 0.25) is 0 Å². The molecule has 0 bridgehead atoms. The molecule has 0 aromatic heterocycles. The summed E-state index contributed by atoms with van der Waals surface area (Å²) >= 11 is 11.4. The van der Waals surface area contributed by atoms with Crippen molar-refractivity contribution in [3.8, 4) is 0 Å². The van der Waals surface area contributed by atoms with Gasteiger partial charge in [0.05, 0.1) is 0 Å². The number of rotatable bonds is 3. The SMILES string of the molecule is O=C(O)C1c2ccccc2CCN1CC(Cl)=CCl. The van der Waals surface area contributed by atoms with Gasteiger partial charge in [-0.25, -0.2) is 0 Å². The fourth-order valence-electron chi connectivity index (χ4n) is 2.31. The highest BCUT2D eigenvalue weighted by atomic mass is 35.5. The molecule has 0 spiro atoms. The van der Waals surface area contributed by atoms with Crippen molar-refractivity contribution < 1.29 is 9.90 Å². The number of hydrogen-bond acceptors (Lipinski definition) is 2. The molecule has 1 aliphatic rings. The number of halogens is 2. The predicted octanol–water partition coefficient (Wildman–Crippen LogP) is 2.99. The van der Waals surface area contributed by atoms with Crippen LogP contribution in [0.2, 0.25) is 0 Å². The largest absolute Gasteiger partial charge is 0.480 e. The van der Waals surface area contributed by atoms with E-state index in [-0.39, 0.29) is 0 Å². The zero-order valence-electron chi connectivity index (χ0n) is 9.64. The van der Waals surface area contributed by atoms with Crippen LogP contribution in [0.25, 0.3) is 0 Å². The second-order valence-electron chi connectivity index (χ2n) is 4.22. The molecule has 1 atom stereocenters. The lowest BCUT2D eigenvalue weighted by molar-refractivity contribution is -0.143. The maximum absolute atomic E-state index is 11.5. The summed E-state index contributed by atoms with van der Waals surface area (Å²) in [5, 5.41) is 9.85. The van der Waals surface area contributed by atoms with Gasteiger partial charge in [0.15, 0.2) is 0 Å². The number of carbonyl (C=O) groups is 1. The average Bonchev–Trinajstić information content (AvgIpc) is 2.37. The molecule has 1 N–H and O–H groups in total. The van der Waals surface area contributed by atoms with Crippen LogP contribution in [0.15, 0.2) is 34.8 Å². The first kappa shape index (κ1) is 13.4. The maximum atomic E-state index is 11.5. The molecule has 1 unspecified atom stereocenters. The predicted molar refractivity (Wildman–Crippen MR) is 71.9 cm³/mol. The van der Waals surface area contributed by atoms with Crippen LogP contribution in [-0.2, 0) is 11.2 Å². The fourth-order valence-corrected chi connectivity index (χ4v) is 2.53. The molecule has 1 aromatic rings. The zero-order valence-corrected chi connectivity index (χ0v) is 11.2. The zero-order chi connectivity index (χ0) is 13.1. The van der Waals surface area contributed by atoms with E-state index in [1.54, 1.807) is 0 Å². The van der Waals surface area contributed by atoms with E-state index in [0.717, 1.165) is 17.5 Å². The quantitative estimate of drug-likeness (QED) is 0.928. The lowest BCUT2D eigenvalue weighted by atomic mass is 9.92. The van der Waals surface area contributed by atoms with Gasteiger partial charge in [0, 0.05) is 23.7 Å². The fraction of sp³-hybridized carbons (Fsp3) is 0.308. The van der Waals surface area contributed by atoms with Crippen LogP contribution in [0.5, 0.6) is 0 Å². The molecule has 1 aromatic carbocycles. The van der Waals surface area contributed by atoms with Gasteiger partial charge >= 0.3 is 5.97 Å². The number of carboxylic acids is 1. The van der Waals surface area contributed by atoms with E-state index in [0.29, 0.717) is 18.1 Å². The van der Waals surface area contributed by atoms with Crippen LogP contribution >= 0.6 is 23.2 Å². The summed E-state index contributed by atoms with van der Waals surface area (Å²) in [5.74, 6) is -0.860. The molecule has 0 aliphatic carbocycles. The van der Waals surface area contributed by atoms with E-state index in [2.05, 4.69) is 0 Å². The second-order valence-corrected chi connectivity index (χ2v) is 4.92. The molecule has 0 saturated heterocycles. The molecule has 0 saturated carbocycles. The van der Waals surface area contributed by atoms with Crippen LogP contribution in [0.3, 0.4) is 0 Å². The molecule has 0 amide bonds. The van der Waals surface area contributed by atoms with E-state index in [1.165, 1.54) is 5.54 Å². The standard InChI is InChI=1S/C13H13Cl2NO2/c14-7-10(15)8-16-6-5-9-3-1-2-4-11(9)12(16)13(17)18/h1-4,7,12H,5-6,8H2,(H,17,18). The van der Waals surface area contributed by atoms with Gasteiger partial charge in [0.25, 0.3) is 0 Å². The number of carboxylic acid groups (broad SMARTS) is 1. The Balaban J connectivity index is 2.33. The maximum Gasteiger partial charge on any atom is 0.325 e. The van der Waals surface area contributed by atoms with E-state index < -0.39 is 12.0 Å². The molecule has 1 heterocycles. The summed E-state index contributed by atoms with van der Waals surface area (Å²) in [7, 11) is 0. The molecule has 18 heavy (non-hydrogen) atoms. The summed E-state index contributed by atoms with van der Waals surface area (Å²) in [6, 6.07) is 6.97. The van der Waals surface area contributed by atoms with Gasteiger partial charge in [-0.15, -0.1) is 0 Å². The van der Waals surface area contributed by atoms with E-state index in [4.69, 9.17) is 23.2 Å². The number of nitrogens with zero attached hydrogens (tertiary/aromatic N) is 1. The third-order valence-corrected chi connectivity index (χ3v) is 3.69. The van der Waals surface area contributed by atoms with Gasteiger partial charge in [-0.1, -0.05) is 47.5 Å². The minimum Gasteiger partial charge on any atom is -0.480 e. The van der Waals surface area contributed by atoms with E-state index in [1.807, 2.05) is 29.2 Å². The Morgan fingerprint density at radius 2 is 2.22 bits per heavy atom. The third-order valence-electron chi connectivity index (χ3n) is 3.09. The monoisotopic (exact) mass is 285 g/mol. The molecule has 1 aliphatic heterocycles. The van der Waals surface area contributed by atoms with Crippen LogP contribution in [0.4, 0.5) is 0 Å². The first-order valence-electron chi connectivity index (χ1n) is 5.63. The highest BCUT2D eigenvalue weighted by molar-refractivity contribution is 6.36. The van der Waals surface area contributed by atoms with Crippen molar-refractivity contribution in [3.63, 3.8) is 0 Å². The molecule has 0 fully saturated rings. The van der Waals surface area contributed by atoms with Crippen molar-refractivity contribution in [1.29, 1.82) is 0 Å². The van der Waals surface area contributed by atoms with Crippen molar-refractivity contribution >= 4 is 29.2 Å². The van der Waals surface area contributed by atoms with Crippen molar-refractivity contribution in [1.82, 2.24) is 4.90 Å². The summed E-state index contributed by atoms with van der Waals surface area (Å²) in [5.41, 5.74) is 3.21. The summed E-state index contributed by atoms with van der Waals surface area (Å²) < 4.78 is 0. The normalized spacial score (nSPS) is 20.6. The Morgan fingerprint density at radius 1 is 1.50 bits per heavy atom. The Bertz CT molecular complexity index is 488. The topological polar surface area (TPSA) is 40.5 Å². The third kappa shape index (κ3) is 2.69. The minimum atomic E-state index is -0.860. The molecular weight excluding hydrogens is 273 g/mol. The summed E-state index contributed by atoms with van der Waals surface area (Å²) in [6.07, 6.45) is 0.826. The van der Waals surface area contributed by atoms with Crippen LogP contribution in [0.1, 0.15) is 17.2 Å². The van der Waals surface area contributed by atoms with Crippen LogP contribution < -0.4 is 0 Å². The molecule has 96 valence electrons. The minimum absolute atomic E-state index is 0.357. The Hall–Kier alpha value is -1.03.